The van der Waals surface area contributed by atoms with Crippen molar-refractivity contribution in [3.8, 4) is 0 Å². The Hall–Kier alpha value is -1.65. The van der Waals surface area contributed by atoms with Crippen molar-refractivity contribution in [3.05, 3.63) is 16.6 Å². The molecule has 3 heterocycles. The van der Waals surface area contributed by atoms with Gasteiger partial charge in [0.05, 0.1) is 17.1 Å². The number of aliphatic hydroxyl groups excluding tert-OH is 2. The number of nitrogens with zero attached hydrogens (tertiary/aromatic N) is 3. The standard InChI is InChI=1S/C13H14F3N3O3S/c1-18-12-6(10(17-18)13(14,15)16)4-9(23-12)11(22)19-3-2-7(20)8(21)5-19/h4,7-8,20-21H,2-3,5H2,1H3/t7-,8-/m1/s1. The Morgan fingerprint density at radius 3 is 2.70 bits per heavy atom. The van der Waals surface area contributed by atoms with E-state index in [0.29, 0.717) is 0 Å². The lowest BCUT2D eigenvalue weighted by molar-refractivity contribution is -0.140. The summed E-state index contributed by atoms with van der Waals surface area (Å²) in [6.07, 6.45) is -6.29. The molecule has 6 nitrogen and oxygen atoms in total. The number of carbonyl (C=O) groups excluding carboxylic acids is 1. The summed E-state index contributed by atoms with van der Waals surface area (Å²) in [6.45, 7) is 0.203. The van der Waals surface area contributed by atoms with Gasteiger partial charge >= 0.3 is 6.18 Å². The molecule has 0 bridgehead atoms. The molecule has 1 saturated heterocycles. The highest BCUT2D eigenvalue weighted by atomic mass is 32.1. The van der Waals surface area contributed by atoms with Crippen molar-refractivity contribution in [2.45, 2.75) is 24.8 Å². The highest BCUT2D eigenvalue weighted by molar-refractivity contribution is 7.20. The molecule has 2 N–H and O–H groups in total. The Morgan fingerprint density at radius 1 is 1.39 bits per heavy atom. The summed E-state index contributed by atoms with van der Waals surface area (Å²) in [5.41, 5.74) is -1.01. The molecule has 1 aliphatic rings. The molecule has 2 aromatic rings. The van der Waals surface area contributed by atoms with Crippen LogP contribution in [0.1, 0.15) is 21.8 Å². The Labute approximate surface area is 132 Å². The van der Waals surface area contributed by atoms with Crippen molar-refractivity contribution in [1.82, 2.24) is 14.7 Å². The van der Waals surface area contributed by atoms with E-state index in [1.54, 1.807) is 0 Å². The molecule has 2 aromatic heterocycles. The van der Waals surface area contributed by atoms with Crippen LogP contribution in [0.15, 0.2) is 6.07 Å². The highest BCUT2D eigenvalue weighted by Crippen LogP contribution is 2.37. The third kappa shape index (κ3) is 2.81. The van der Waals surface area contributed by atoms with E-state index in [2.05, 4.69) is 5.10 Å². The number of rotatable bonds is 1. The quantitative estimate of drug-likeness (QED) is 0.812. The van der Waals surface area contributed by atoms with Crippen LogP contribution in [0.2, 0.25) is 0 Å². The maximum Gasteiger partial charge on any atom is 0.435 e. The molecule has 0 radical (unpaired) electrons. The highest BCUT2D eigenvalue weighted by Gasteiger charge is 2.38. The zero-order valence-corrected chi connectivity index (χ0v) is 12.9. The number of likely N-dealkylation sites (tertiary alicyclic amines) is 1. The minimum atomic E-state index is -4.59. The smallest absolute Gasteiger partial charge is 0.390 e. The lowest BCUT2D eigenvalue weighted by atomic mass is 10.1. The van der Waals surface area contributed by atoms with Crippen LogP contribution in [-0.2, 0) is 13.2 Å². The molecule has 126 valence electrons. The molecule has 1 aliphatic heterocycles. The van der Waals surface area contributed by atoms with Gasteiger partial charge in [0.15, 0.2) is 5.69 Å². The largest absolute Gasteiger partial charge is 0.435 e. The van der Waals surface area contributed by atoms with E-state index in [1.807, 2.05) is 0 Å². The van der Waals surface area contributed by atoms with Gasteiger partial charge in [-0.1, -0.05) is 0 Å². The number of alkyl halides is 3. The molecule has 23 heavy (non-hydrogen) atoms. The number of aryl methyl sites for hydroxylation is 1. The van der Waals surface area contributed by atoms with Gasteiger partial charge in [-0.25, -0.2) is 0 Å². The van der Waals surface area contributed by atoms with Gasteiger partial charge < -0.3 is 15.1 Å². The fourth-order valence-corrected chi connectivity index (χ4v) is 3.66. The second-order valence-electron chi connectivity index (χ2n) is 5.47. The normalized spacial score (nSPS) is 22.8. The third-order valence-corrected chi connectivity index (χ3v) is 5.01. The molecule has 1 fully saturated rings. The van der Waals surface area contributed by atoms with Crippen molar-refractivity contribution in [2.24, 2.45) is 7.05 Å². The summed E-state index contributed by atoms with van der Waals surface area (Å²) in [7, 11) is 1.39. The van der Waals surface area contributed by atoms with Gasteiger partial charge in [-0.05, 0) is 12.5 Å². The summed E-state index contributed by atoms with van der Waals surface area (Å²) in [6, 6.07) is 1.19. The number of aromatic nitrogens is 2. The van der Waals surface area contributed by atoms with Gasteiger partial charge in [0.25, 0.3) is 5.91 Å². The lowest BCUT2D eigenvalue weighted by Gasteiger charge is -2.33. The molecule has 0 unspecified atom stereocenters. The number of piperidine rings is 1. The summed E-state index contributed by atoms with van der Waals surface area (Å²) in [4.78, 5) is 14.2. The summed E-state index contributed by atoms with van der Waals surface area (Å²) < 4.78 is 40.0. The number of carbonyl (C=O) groups is 1. The van der Waals surface area contributed by atoms with E-state index in [4.69, 9.17) is 0 Å². The molecule has 3 rings (SSSR count). The topological polar surface area (TPSA) is 78.6 Å². The van der Waals surface area contributed by atoms with Crippen LogP contribution in [0.25, 0.3) is 10.2 Å². The number of thiophene rings is 1. The minimum absolute atomic E-state index is 0.0430. The molecule has 2 atom stereocenters. The fraction of sp³-hybridized carbons (Fsp3) is 0.538. The molecule has 1 amide bonds. The van der Waals surface area contributed by atoms with E-state index < -0.39 is 30.0 Å². The first-order chi connectivity index (χ1) is 10.7. The van der Waals surface area contributed by atoms with E-state index >= 15 is 0 Å². The Morgan fingerprint density at radius 2 is 2.09 bits per heavy atom. The summed E-state index contributed by atoms with van der Waals surface area (Å²) in [5.74, 6) is -0.453. The van der Waals surface area contributed by atoms with E-state index in [-0.39, 0.29) is 34.6 Å². The molecule has 0 aliphatic carbocycles. The van der Waals surface area contributed by atoms with Gasteiger partial charge in [0.2, 0.25) is 0 Å². The molecular formula is C13H14F3N3O3S. The second kappa shape index (κ2) is 5.46. The number of hydrogen-bond acceptors (Lipinski definition) is 5. The number of aliphatic hydroxyl groups is 2. The maximum atomic E-state index is 13.0. The lowest BCUT2D eigenvalue weighted by Crippen LogP contribution is -2.48. The van der Waals surface area contributed by atoms with E-state index in [9.17, 15) is 28.2 Å². The number of amides is 1. The first kappa shape index (κ1) is 16.2. The van der Waals surface area contributed by atoms with Crippen LogP contribution in [0, 0.1) is 0 Å². The zero-order chi connectivity index (χ0) is 16.9. The SMILES string of the molecule is Cn1nc(C(F)(F)F)c2cc(C(=O)N3CC[C@@H](O)[C@H](O)C3)sc21. The summed E-state index contributed by atoms with van der Waals surface area (Å²) in [5, 5.41) is 22.5. The van der Waals surface area contributed by atoms with Crippen molar-refractivity contribution in [3.63, 3.8) is 0 Å². The average molecular weight is 349 g/mol. The average Bonchev–Trinajstić information content (AvgIpc) is 3.01. The zero-order valence-electron chi connectivity index (χ0n) is 12.0. The summed E-state index contributed by atoms with van der Waals surface area (Å²) >= 11 is 0.930. The number of hydrogen-bond donors (Lipinski definition) is 2. The van der Waals surface area contributed by atoms with E-state index in [0.717, 1.165) is 16.0 Å². The molecule has 0 saturated carbocycles. The number of halogens is 3. The number of β-amino-alcohol motifs (C(OH)–C–C–N with tert-alkyl or cyclic N) is 1. The van der Waals surface area contributed by atoms with Gasteiger partial charge in [-0.2, -0.15) is 18.3 Å². The first-order valence-corrected chi connectivity index (χ1v) is 7.69. The molecule has 10 heteroatoms. The predicted octanol–water partition coefficient (Wildman–Crippen LogP) is 1.22. The Balaban J connectivity index is 1.93. The van der Waals surface area contributed by atoms with Crippen molar-refractivity contribution < 1.29 is 28.2 Å². The van der Waals surface area contributed by atoms with Crippen LogP contribution in [-0.4, -0.2) is 56.1 Å². The van der Waals surface area contributed by atoms with Crippen LogP contribution >= 0.6 is 11.3 Å². The van der Waals surface area contributed by atoms with Crippen LogP contribution in [0.5, 0.6) is 0 Å². The van der Waals surface area contributed by atoms with Gasteiger partial charge in [-0.3, -0.25) is 9.48 Å². The minimum Gasteiger partial charge on any atom is -0.390 e. The fourth-order valence-electron chi connectivity index (χ4n) is 2.62. The van der Waals surface area contributed by atoms with Crippen molar-refractivity contribution in [2.75, 3.05) is 13.1 Å². The van der Waals surface area contributed by atoms with Crippen LogP contribution < -0.4 is 0 Å². The Bertz CT molecular complexity index is 755. The van der Waals surface area contributed by atoms with Gasteiger partial charge in [0, 0.05) is 25.5 Å². The second-order valence-corrected chi connectivity index (χ2v) is 6.50. The first-order valence-electron chi connectivity index (χ1n) is 6.87. The predicted molar refractivity (Wildman–Crippen MR) is 76.1 cm³/mol. The van der Waals surface area contributed by atoms with Crippen LogP contribution in [0.3, 0.4) is 0 Å². The number of fused-ring (bicyclic) bond motifs is 1. The maximum absolute atomic E-state index is 13.0. The molecule has 0 spiro atoms. The van der Waals surface area contributed by atoms with E-state index in [1.165, 1.54) is 18.0 Å². The third-order valence-electron chi connectivity index (χ3n) is 3.82. The van der Waals surface area contributed by atoms with Crippen LogP contribution in [0.4, 0.5) is 13.2 Å². The molecular weight excluding hydrogens is 335 g/mol. The Kier molecular flexibility index (Phi) is 3.85. The van der Waals surface area contributed by atoms with Gasteiger partial charge in [0.1, 0.15) is 4.83 Å². The van der Waals surface area contributed by atoms with Gasteiger partial charge in [-0.15, -0.1) is 11.3 Å². The van der Waals surface area contributed by atoms with Crippen molar-refractivity contribution in [1.29, 1.82) is 0 Å². The van der Waals surface area contributed by atoms with Crippen molar-refractivity contribution >= 4 is 27.5 Å². The molecule has 0 aromatic carbocycles. The monoisotopic (exact) mass is 349 g/mol.